The van der Waals surface area contributed by atoms with Crippen molar-refractivity contribution in [2.45, 2.75) is 25.8 Å². The minimum absolute atomic E-state index is 0.0406. The number of benzene rings is 2. The molecule has 4 aromatic rings. The van der Waals surface area contributed by atoms with Crippen molar-refractivity contribution in [3.63, 3.8) is 0 Å². The van der Waals surface area contributed by atoms with Crippen molar-refractivity contribution in [2.24, 2.45) is 5.92 Å². The lowest BCUT2D eigenvalue weighted by molar-refractivity contribution is 0.101. The van der Waals surface area contributed by atoms with Crippen molar-refractivity contribution in [3.05, 3.63) is 112 Å². The summed E-state index contributed by atoms with van der Waals surface area (Å²) >= 11 is 0. The number of pyridine rings is 2. The molecule has 1 saturated heterocycles. The monoisotopic (exact) mass is 549 g/mol. The second kappa shape index (κ2) is 11.3. The minimum Gasteiger partial charge on any atom is -0.494 e. The van der Waals surface area contributed by atoms with E-state index in [-0.39, 0.29) is 23.3 Å². The summed E-state index contributed by atoms with van der Waals surface area (Å²) < 4.78 is 7.38. The fourth-order valence-corrected chi connectivity index (χ4v) is 5.85. The SMILES string of the molecule is CCOc1ccc(NC(=O)c2ccc(N3C[C@H]4C[C@@H](C3)c3cccc(=O)n3C4)c(NC(=O)c3ccncc3)c2)cc1. The van der Waals surface area contributed by atoms with Crippen LogP contribution in [-0.4, -0.2) is 41.1 Å². The first-order valence-electron chi connectivity index (χ1n) is 13.8. The molecule has 2 amide bonds. The third-order valence-electron chi connectivity index (χ3n) is 7.69. The normalized spacial score (nSPS) is 17.3. The van der Waals surface area contributed by atoms with Gasteiger partial charge in [0.2, 0.25) is 0 Å². The molecule has 2 atom stereocenters. The molecular formula is C32H31N5O4. The zero-order valence-corrected chi connectivity index (χ0v) is 22.7. The van der Waals surface area contributed by atoms with E-state index in [9.17, 15) is 14.4 Å². The molecule has 6 rings (SSSR count). The minimum atomic E-state index is -0.288. The highest BCUT2D eigenvalue weighted by molar-refractivity contribution is 6.09. The highest BCUT2D eigenvalue weighted by atomic mass is 16.5. The van der Waals surface area contributed by atoms with Crippen molar-refractivity contribution in [1.29, 1.82) is 0 Å². The number of ether oxygens (including phenoxy) is 1. The van der Waals surface area contributed by atoms with Crippen LogP contribution >= 0.6 is 0 Å². The van der Waals surface area contributed by atoms with E-state index in [1.54, 1.807) is 54.9 Å². The van der Waals surface area contributed by atoms with Gasteiger partial charge in [-0.1, -0.05) is 6.07 Å². The number of carbonyl (C=O) groups is 2. The maximum atomic E-state index is 13.2. The summed E-state index contributed by atoms with van der Waals surface area (Å²) in [5.74, 6) is 0.654. The van der Waals surface area contributed by atoms with Gasteiger partial charge in [0.05, 0.1) is 18.0 Å². The molecule has 208 valence electrons. The number of nitrogens with zero attached hydrogens (tertiary/aromatic N) is 3. The van der Waals surface area contributed by atoms with Crippen LogP contribution in [0.1, 0.15) is 45.7 Å². The summed E-state index contributed by atoms with van der Waals surface area (Å²) in [5.41, 5.74) is 4.01. The number of hydrogen-bond donors (Lipinski definition) is 2. The highest BCUT2D eigenvalue weighted by Gasteiger charge is 2.35. The van der Waals surface area contributed by atoms with Crippen LogP contribution < -0.4 is 25.8 Å². The van der Waals surface area contributed by atoms with Crippen molar-refractivity contribution in [1.82, 2.24) is 9.55 Å². The Bertz CT molecular complexity index is 1630. The van der Waals surface area contributed by atoms with Crippen molar-refractivity contribution in [2.75, 3.05) is 35.2 Å². The molecule has 0 unspecified atom stereocenters. The van der Waals surface area contributed by atoms with Gasteiger partial charge in [0, 0.05) is 66.5 Å². The lowest BCUT2D eigenvalue weighted by Gasteiger charge is -2.44. The van der Waals surface area contributed by atoms with Gasteiger partial charge in [-0.05, 0) is 79.9 Å². The summed E-state index contributed by atoms with van der Waals surface area (Å²) in [6, 6.07) is 21.4. The Morgan fingerprint density at radius 2 is 1.68 bits per heavy atom. The molecule has 2 N–H and O–H groups in total. The van der Waals surface area contributed by atoms with Crippen LogP contribution in [0.3, 0.4) is 0 Å². The number of hydrogen-bond acceptors (Lipinski definition) is 6. The molecule has 0 saturated carbocycles. The Balaban J connectivity index is 1.29. The summed E-state index contributed by atoms with van der Waals surface area (Å²) in [6.07, 6.45) is 4.16. The average molecular weight is 550 g/mol. The molecule has 41 heavy (non-hydrogen) atoms. The van der Waals surface area contributed by atoms with Crippen LogP contribution in [0, 0.1) is 5.92 Å². The zero-order chi connectivity index (χ0) is 28.3. The summed E-state index contributed by atoms with van der Waals surface area (Å²) in [5, 5.41) is 5.96. The number of amides is 2. The van der Waals surface area contributed by atoms with E-state index < -0.39 is 0 Å². The van der Waals surface area contributed by atoms with E-state index in [0.717, 1.165) is 30.1 Å². The van der Waals surface area contributed by atoms with E-state index in [4.69, 9.17) is 4.74 Å². The maximum Gasteiger partial charge on any atom is 0.255 e. The summed E-state index contributed by atoms with van der Waals surface area (Å²) in [4.78, 5) is 45.2. The first-order valence-corrected chi connectivity index (χ1v) is 13.8. The number of piperidine rings is 1. The fourth-order valence-electron chi connectivity index (χ4n) is 5.85. The predicted molar refractivity (Wildman–Crippen MR) is 158 cm³/mol. The summed E-state index contributed by atoms with van der Waals surface area (Å²) in [7, 11) is 0. The van der Waals surface area contributed by atoms with Crippen molar-refractivity contribution < 1.29 is 14.3 Å². The molecule has 9 nitrogen and oxygen atoms in total. The number of fused-ring (bicyclic) bond motifs is 4. The lowest BCUT2D eigenvalue weighted by atomic mass is 9.83. The van der Waals surface area contributed by atoms with Crippen molar-refractivity contribution in [3.8, 4) is 5.75 Å². The van der Waals surface area contributed by atoms with Crippen LogP contribution in [0.2, 0.25) is 0 Å². The molecule has 2 bridgehead atoms. The van der Waals surface area contributed by atoms with Crippen molar-refractivity contribution >= 4 is 28.9 Å². The molecule has 0 radical (unpaired) electrons. The quantitative estimate of drug-likeness (QED) is 0.344. The largest absolute Gasteiger partial charge is 0.494 e. The molecule has 4 heterocycles. The average Bonchev–Trinajstić information content (AvgIpc) is 2.99. The van der Waals surface area contributed by atoms with E-state index in [1.165, 1.54) is 0 Å². The topological polar surface area (TPSA) is 106 Å². The van der Waals surface area contributed by atoms with Gasteiger partial charge < -0.3 is 24.8 Å². The number of aromatic nitrogens is 2. The smallest absolute Gasteiger partial charge is 0.255 e. The first kappa shape index (κ1) is 26.3. The number of nitrogens with one attached hydrogen (secondary N) is 2. The number of anilines is 3. The summed E-state index contributed by atoms with van der Waals surface area (Å²) in [6.45, 7) is 4.60. The van der Waals surface area contributed by atoms with E-state index in [2.05, 4.69) is 20.5 Å². The Labute approximate surface area is 237 Å². The third-order valence-corrected chi connectivity index (χ3v) is 7.69. The standard InChI is InChI=1S/C32H31N5O4/c1-2-41-26-9-7-25(8-10-26)34-32(40)23-6-11-29(27(17-23)35-31(39)22-12-14-33-15-13-22)36-18-21-16-24(20-36)28-4-3-5-30(38)37(28)19-21/h3-15,17,21,24H,2,16,18-20H2,1H3,(H,34,40)(H,35,39)/t21-,24+/m1/s1. The molecule has 9 heteroatoms. The Hall–Kier alpha value is -4.92. The van der Waals surface area contributed by atoms with Crippen LogP contribution in [-0.2, 0) is 6.54 Å². The zero-order valence-electron chi connectivity index (χ0n) is 22.7. The van der Waals surface area contributed by atoms with Crippen LogP contribution in [0.5, 0.6) is 5.75 Å². The molecule has 2 aromatic heterocycles. The molecule has 2 aromatic carbocycles. The first-order chi connectivity index (χ1) is 20.0. The van der Waals surface area contributed by atoms with Gasteiger partial charge in [0.1, 0.15) is 5.75 Å². The van der Waals surface area contributed by atoms with Gasteiger partial charge in [0.15, 0.2) is 0 Å². The van der Waals surface area contributed by atoms with Gasteiger partial charge in [-0.3, -0.25) is 19.4 Å². The second-order valence-corrected chi connectivity index (χ2v) is 10.4. The molecule has 0 spiro atoms. The number of rotatable bonds is 7. The second-order valence-electron chi connectivity index (χ2n) is 10.4. The van der Waals surface area contributed by atoms with Crippen LogP contribution in [0.4, 0.5) is 17.1 Å². The lowest BCUT2D eigenvalue weighted by Crippen LogP contribution is -2.47. The Kier molecular flexibility index (Phi) is 7.24. The van der Waals surface area contributed by atoms with Gasteiger partial charge in [0.25, 0.3) is 17.4 Å². The maximum absolute atomic E-state index is 13.2. The molecule has 0 aliphatic carbocycles. The third kappa shape index (κ3) is 5.56. The molecule has 1 fully saturated rings. The van der Waals surface area contributed by atoms with Gasteiger partial charge in [-0.25, -0.2) is 0 Å². The van der Waals surface area contributed by atoms with Crippen LogP contribution in [0.25, 0.3) is 0 Å². The van der Waals surface area contributed by atoms with E-state index >= 15 is 0 Å². The Morgan fingerprint density at radius 3 is 2.46 bits per heavy atom. The van der Waals surface area contributed by atoms with Gasteiger partial charge in [-0.15, -0.1) is 0 Å². The predicted octanol–water partition coefficient (Wildman–Crippen LogP) is 4.77. The Morgan fingerprint density at radius 1 is 0.902 bits per heavy atom. The van der Waals surface area contributed by atoms with E-state index in [0.29, 0.717) is 48.1 Å². The van der Waals surface area contributed by atoms with Gasteiger partial charge >= 0.3 is 0 Å². The molecule has 2 aliphatic heterocycles. The highest BCUT2D eigenvalue weighted by Crippen LogP contribution is 2.39. The number of carbonyl (C=O) groups excluding carboxylic acids is 2. The molecular weight excluding hydrogens is 518 g/mol. The molecule has 2 aliphatic rings. The van der Waals surface area contributed by atoms with Crippen LogP contribution in [0.15, 0.2) is 90.0 Å². The van der Waals surface area contributed by atoms with Gasteiger partial charge in [-0.2, -0.15) is 0 Å². The fraction of sp³-hybridized carbons (Fsp3) is 0.250. The van der Waals surface area contributed by atoms with E-state index in [1.807, 2.05) is 41.8 Å².